The lowest BCUT2D eigenvalue weighted by Crippen LogP contribution is -1.90. The Morgan fingerprint density at radius 3 is 2.62 bits per heavy atom. The van der Waals surface area contributed by atoms with Crippen LogP contribution in [0, 0.1) is 6.92 Å². The van der Waals surface area contributed by atoms with Crippen molar-refractivity contribution in [2.75, 3.05) is 0 Å². The third-order valence-corrected chi connectivity index (χ3v) is 3.54. The minimum absolute atomic E-state index is 0.232. The van der Waals surface area contributed by atoms with Crippen molar-refractivity contribution in [1.29, 1.82) is 0 Å². The van der Waals surface area contributed by atoms with E-state index in [1.54, 1.807) is 29.9 Å². The van der Waals surface area contributed by atoms with Crippen LogP contribution in [0.4, 0.5) is 0 Å². The Kier molecular flexibility index (Phi) is 5.00. The second kappa shape index (κ2) is 6.95. The third-order valence-electron chi connectivity index (χ3n) is 2.70. The van der Waals surface area contributed by atoms with Gasteiger partial charge >= 0.3 is 0 Å². The van der Waals surface area contributed by atoms with Crippen molar-refractivity contribution in [3.63, 3.8) is 0 Å². The molecule has 1 aromatic carbocycles. The number of hydrogen-bond acceptors (Lipinski definition) is 5. The van der Waals surface area contributed by atoms with E-state index in [4.69, 9.17) is 0 Å². The van der Waals surface area contributed by atoms with Crippen molar-refractivity contribution in [3.8, 4) is 27.6 Å². The number of phenolic OH excluding ortho intramolecular Hbond substituents is 1. The highest BCUT2D eigenvalue weighted by molar-refractivity contribution is 7.13. The summed E-state index contributed by atoms with van der Waals surface area (Å²) < 4.78 is 0. The highest BCUT2D eigenvalue weighted by atomic mass is 32.1. The Balaban J connectivity index is 0.000000774. The molecule has 0 aliphatic rings. The van der Waals surface area contributed by atoms with Gasteiger partial charge in [-0.05, 0) is 25.1 Å². The summed E-state index contributed by atoms with van der Waals surface area (Å²) in [6, 6.07) is 8.94. The molecule has 2 aromatic heterocycles. The van der Waals surface area contributed by atoms with Crippen LogP contribution in [0.1, 0.15) is 19.7 Å². The van der Waals surface area contributed by atoms with Gasteiger partial charge in [0, 0.05) is 11.8 Å². The zero-order valence-electron chi connectivity index (χ0n) is 12.2. The monoisotopic (exact) mass is 299 g/mol. The minimum atomic E-state index is 0.232. The average molecular weight is 299 g/mol. The number of thiazole rings is 1. The van der Waals surface area contributed by atoms with E-state index in [0.29, 0.717) is 0 Å². The van der Waals surface area contributed by atoms with Gasteiger partial charge < -0.3 is 5.11 Å². The van der Waals surface area contributed by atoms with Crippen molar-refractivity contribution in [1.82, 2.24) is 15.0 Å². The molecule has 4 nitrogen and oxygen atoms in total. The molecule has 0 radical (unpaired) electrons. The average Bonchev–Trinajstić information content (AvgIpc) is 2.99. The van der Waals surface area contributed by atoms with Gasteiger partial charge in [0.25, 0.3) is 0 Å². The van der Waals surface area contributed by atoms with Crippen LogP contribution in [0.15, 0.2) is 42.0 Å². The second-order valence-corrected chi connectivity index (χ2v) is 4.92. The summed E-state index contributed by atoms with van der Waals surface area (Å²) in [5, 5.41) is 9.57. The second-order valence-electron chi connectivity index (χ2n) is 4.07. The van der Waals surface area contributed by atoms with Gasteiger partial charge in [-0.15, -0.1) is 11.3 Å². The van der Waals surface area contributed by atoms with Crippen LogP contribution in [-0.4, -0.2) is 20.1 Å². The van der Waals surface area contributed by atoms with E-state index in [1.807, 2.05) is 32.9 Å². The molecule has 0 aliphatic heterocycles. The lowest BCUT2D eigenvalue weighted by atomic mass is 10.1. The van der Waals surface area contributed by atoms with Gasteiger partial charge in [0.15, 0.2) is 0 Å². The van der Waals surface area contributed by atoms with E-state index in [1.165, 1.54) is 11.3 Å². The quantitative estimate of drug-likeness (QED) is 0.766. The van der Waals surface area contributed by atoms with Crippen molar-refractivity contribution in [2.24, 2.45) is 0 Å². The van der Waals surface area contributed by atoms with Crippen molar-refractivity contribution in [2.45, 2.75) is 20.8 Å². The SMILES string of the molecule is CC.Cc1nccc(-c2scnc2-c2cccc(O)c2)n1. The lowest BCUT2D eigenvalue weighted by molar-refractivity contribution is 0.475. The summed E-state index contributed by atoms with van der Waals surface area (Å²) in [6.45, 7) is 5.86. The molecule has 0 spiro atoms. The fraction of sp³-hybridized carbons (Fsp3) is 0.188. The largest absolute Gasteiger partial charge is 0.508 e. The van der Waals surface area contributed by atoms with E-state index < -0.39 is 0 Å². The van der Waals surface area contributed by atoms with E-state index in [-0.39, 0.29) is 5.75 Å². The van der Waals surface area contributed by atoms with Crippen LogP contribution in [0.5, 0.6) is 5.75 Å². The topological polar surface area (TPSA) is 58.9 Å². The summed E-state index contributed by atoms with van der Waals surface area (Å²) in [7, 11) is 0. The summed E-state index contributed by atoms with van der Waals surface area (Å²) in [6.07, 6.45) is 1.74. The first kappa shape index (κ1) is 15.1. The maximum Gasteiger partial charge on any atom is 0.125 e. The Morgan fingerprint density at radius 2 is 1.90 bits per heavy atom. The molecule has 0 bridgehead atoms. The zero-order valence-corrected chi connectivity index (χ0v) is 13.1. The maximum absolute atomic E-state index is 9.57. The normalized spacial score (nSPS) is 9.86. The molecule has 0 saturated heterocycles. The van der Waals surface area contributed by atoms with Crippen molar-refractivity contribution in [3.05, 3.63) is 47.9 Å². The number of rotatable bonds is 2. The first-order valence-corrected chi connectivity index (χ1v) is 7.65. The van der Waals surface area contributed by atoms with E-state index in [9.17, 15) is 5.11 Å². The molecule has 3 rings (SSSR count). The molecule has 0 fully saturated rings. The first-order chi connectivity index (χ1) is 10.2. The van der Waals surface area contributed by atoms with Gasteiger partial charge in [-0.2, -0.15) is 0 Å². The van der Waals surface area contributed by atoms with Crippen LogP contribution in [-0.2, 0) is 0 Å². The number of nitrogens with zero attached hydrogens (tertiary/aromatic N) is 3. The van der Waals surface area contributed by atoms with Gasteiger partial charge in [0.2, 0.25) is 0 Å². The Bertz CT molecular complexity index is 665. The number of aromatic nitrogens is 3. The van der Waals surface area contributed by atoms with Gasteiger partial charge in [-0.3, -0.25) is 0 Å². The van der Waals surface area contributed by atoms with Crippen LogP contribution in [0.2, 0.25) is 0 Å². The van der Waals surface area contributed by atoms with E-state index in [0.717, 1.165) is 27.7 Å². The number of phenols is 1. The minimum Gasteiger partial charge on any atom is -0.508 e. The molecule has 3 aromatic rings. The predicted octanol–water partition coefficient (Wildman–Crippen LogP) is 4.31. The third kappa shape index (κ3) is 3.44. The van der Waals surface area contributed by atoms with Gasteiger partial charge in [0.05, 0.1) is 21.8 Å². The highest BCUT2D eigenvalue weighted by Gasteiger charge is 2.12. The van der Waals surface area contributed by atoms with Gasteiger partial charge in [-0.1, -0.05) is 26.0 Å². The zero-order chi connectivity index (χ0) is 15.2. The molecular formula is C16H17N3OS. The molecule has 1 N–H and O–H groups in total. The maximum atomic E-state index is 9.57. The molecule has 5 heteroatoms. The van der Waals surface area contributed by atoms with Crippen molar-refractivity contribution < 1.29 is 5.11 Å². The summed E-state index contributed by atoms with van der Waals surface area (Å²) in [5.74, 6) is 0.961. The van der Waals surface area contributed by atoms with Crippen LogP contribution in [0.3, 0.4) is 0 Å². The lowest BCUT2D eigenvalue weighted by Gasteiger charge is -2.03. The summed E-state index contributed by atoms with van der Waals surface area (Å²) in [5.41, 5.74) is 4.35. The summed E-state index contributed by atoms with van der Waals surface area (Å²) in [4.78, 5) is 13.9. The molecule has 21 heavy (non-hydrogen) atoms. The molecular weight excluding hydrogens is 282 g/mol. The number of hydrogen-bond donors (Lipinski definition) is 1. The first-order valence-electron chi connectivity index (χ1n) is 6.77. The number of aromatic hydroxyl groups is 1. The molecule has 0 amide bonds. The van der Waals surface area contributed by atoms with Crippen LogP contribution >= 0.6 is 11.3 Å². The Hall–Kier alpha value is -2.27. The number of benzene rings is 1. The van der Waals surface area contributed by atoms with Crippen LogP contribution < -0.4 is 0 Å². The standard InChI is InChI=1S/C14H11N3OS.C2H6/c1-9-15-6-5-12(17-9)14-13(16-8-19-14)10-3-2-4-11(18)7-10;1-2/h2-8,18H,1H3;1-2H3. The van der Waals surface area contributed by atoms with E-state index in [2.05, 4.69) is 15.0 Å². The Labute approximate surface area is 128 Å². The van der Waals surface area contributed by atoms with Gasteiger partial charge in [-0.25, -0.2) is 15.0 Å². The Morgan fingerprint density at radius 1 is 1.10 bits per heavy atom. The number of aryl methyl sites for hydroxylation is 1. The highest BCUT2D eigenvalue weighted by Crippen LogP contribution is 2.34. The molecule has 0 atom stereocenters. The smallest absolute Gasteiger partial charge is 0.125 e. The molecule has 2 heterocycles. The fourth-order valence-electron chi connectivity index (χ4n) is 1.87. The summed E-state index contributed by atoms with van der Waals surface area (Å²) >= 11 is 1.53. The fourth-order valence-corrected chi connectivity index (χ4v) is 2.65. The molecule has 0 aliphatic carbocycles. The van der Waals surface area contributed by atoms with E-state index >= 15 is 0 Å². The molecule has 108 valence electrons. The predicted molar refractivity (Wildman–Crippen MR) is 86.3 cm³/mol. The van der Waals surface area contributed by atoms with Crippen molar-refractivity contribution >= 4 is 11.3 Å². The van der Waals surface area contributed by atoms with Gasteiger partial charge in [0.1, 0.15) is 11.6 Å². The van der Waals surface area contributed by atoms with Crippen LogP contribution in [0.25, 0.3) is 21.8 Å². The molecule has 0 saturated carbocycles. The molecule has 0 unspecified atom stereocenters.